The van der Waals surface area contributed by atoms with Crippen molar-refractivity contribution in [2.24, 2.45) is 0 Å². The lowest BCUT2D eigenvalue weighted by Crippen LogP contribution is -2.08. The third kappa shape index (κ3) is 5.80. The minimum atomic E-state index is -0.281. The van der Waals surface area contributed by atoms with Crippen LogP contribution >= 0.6 is 20.0 Å². The number of ether oxygens (including phenoxy) is 1. The van der Waals surface area contributed by atoms with Gasteiger partial charge in [-0.2, -0.15) is 0 Å². The first-order valence-electron chi connectivity index (χ1n) is 14.4. The smallest absolute Gasteiger partial charge is 0.125 e. The first-order valence-corrected chi connectivity index (χ1v) is 16.7. The first-order chi connectivity index (χ1) is 20.9. The molecule has 0 radical (unpaired) electrons. The van der Waals surface area contributed by atoms with Crippen LogP contribution in [-0.2, 0) is 0 Å². The van der Waals surface area contributed by atoms with Crippen molar-refractivity contribution in [2.75, 3.05) is 7.11 Å². The number of fused-ring (bicyclic) bond motifs is 1. The molecule has 0 saturated heterocycles. The second-order valence-corrected chi connectivity index (χ2v) is 12.7. The molecule has 0 heterocycles. The second-order valence-electron chi connectivity index (χ2n) is 11.2. The molecule has 43 heavy (non-hydrogen) atoms. The topological polar surface area (TPSA) is 29.5 Å². The van der Waals surface area contributed by atoms with Gasteiger partial charge in [-0.1, -0.05) is 90.5 Å². The summed E-state index contributed by atoms with van der Waals surface area (Å²) in [4.78, 5) is 0. The van der Waals surface area contributed by atoms with E-state index in [1.165, 1.54) is 16.3 Å². The summed E-state index contributed by atoms with van der Waals surface area (Å²) in [6.07, 6.45) is 0. The minimum absolute atomic E-state index is 0.281. The Morgan fingerprint density at radius 2 is 1.30 bits per heavy atom. The fraction of sp³-hybridized carbons (Fsp3) is 0.128. The van der Waals surface area contributed by atoms with Gasteiger partial charge in [-0.3, -0.25) is 0 Å². The summed E-state index contributed by atoms with van der Waals surface area (Å²) in [5.74, 6) is 0.849. The van der Waals surface area contributed by atoms with E-state index in [4.69, 9.17) is 4.74 Å². The van der Waals surface area contributed by atoms with Crippen LogP contribution in [0.1, 0.15) is 39.3 Å². The molecule has 6 aromatic carbocycles. The van der Waals surface area contributed by atoms with Gasteiger partial charge in [0.1, 0.15) is 11.5 Å². The average molecular weight is 599 g/mol. The van der Waals surface area contributed by atoms with E-state index in [2.05, 4.69) is 141 Å². The lowest BCUT2D eigenvalue weighted by atomic mass is 9.80. The molecule has 0 aliphatic heterocycles. The zero-order valence-corrected chi connectivity index (χ0v) is 26.7. The van der Waals surface area contributed by atoms with Gasteiger partial charge in [-0.25, -0.2) is 0 Å². The van der Waals surface area contributed by atoms with E-state index in [1.807, 2.05) is 6.92 Å². The number of benzene rings is 6. The molecule has 214 valence electrons. The number of aryl methyl sites for hydroxylation is 3. The molecule has 4 heteroatoms. The van der Waals surface area contributed by atoms with E-state index >= 15 is 0 Å². The molecule has 6 aromatic rings. The summed E-state index contributed by atoms with van der Waals surface area (Å²) >= 11 is 4.54. The standard InChI is InChI=1S/C39H35O2PS/c1-24-9-7-12-28(17-24)33-19-26(3)39(41-4)36(23-33)37(31-16-15-27-10-5-6-11-29(27)20-31)35-22-32(18-25(2)38(35)40)30-13-8-14-34(21-30)42-43/h5-23,37,40,42-43H,1-4H3. The lowest BCUT2D eigenvalue weighted by molar-refractivity contribution is 0.405. The maximum atomic E-state index is 11.8. The van der Waals surface area contributed by atoms with Gasteiger partial charge >= 0.3 is 0 Å². The number of thiol groups is 1. The minimum Gasteiger partial charge on any atom is -0.507 e. The Labute approximate surface area is 261 Å². The molecule has 2 atom stereocenters. The summed E-state index contributed by atoms with van der Waals surface area (Å²) in [5, 5.41) is 15.3. The van der Waals surface area contributed by atoms with E-state index in [1.54, 1.807) is 7.11 Å². The van der Waals surface area contributed by atoms with Gasteiger partial charge in [-0.15, -0.1) is 12.2 Å². The van der Waals surface area contributed by atoms with E-state index in [9.17, 15) is 5.11 Å². The molecule has 0 aliphatic rings. The first kappa shape index (κ1) is 29.1. The fourth-order valence-corrected chi connectivity index (χ4v) is 6.97. The van der Waals surface area contributed by atoms with Gasteiger partial charge in [0.05, 0.1) is 7.11 Å². The number of phenols is 1. The van der Waals surface area contributed by atoms with Crippen LogP contribution in [-0.4, -0.2) is 12.2 Å². The predicted octanol–water partition coefficient (Wildman–Crippen LogP) is 10.1. The number of methoxy groups -OCH3 is 1. The van der Waals surface area contributed by atoms with E-state index in [0.29, 0.717) is 13.5 Å². The lowest BCUT2D eigenvalue weighted by Gasteiger charge is -2.26. The van der Waals surface area contributed by atoms with Crippen LogP contribution in [0, 0.1) is 20.8 Å². The molecular formula is C39H35O2PS. The number of hydrogen-bond acceptors (Lipinski definition) is 3. The Hall–Kier alpha value is -4.04. The zero-order chi connectivity index (χ0) is 30.1. The number of aromatic hydroxyl groups is 1. The Balaban J connectivity index is 1.65. The quantitative estimate of drug-likeness (QED) is 0.109. The second kappa shape index (κ2) is 12.3. The molecule has 2 nitrogen and oxygen atoms in total. The maximum Gasteiger partial charge on any atom is 0.125 e. The summed E-state index contributed by atoms with van der Waals surface area (Å²) < 4.78 is 6.13. The van der Waals surface area contributed by atoms with Crippen molar-refractivity contribution in [3.63, 3.8) is 0 Å². The van der Waals surface area contributed by atoms with Crippen molar-refractivity contribution in [2.45, 2.75) is 26.7 Å². The highest BCUT2D eigenvalue weighted by Gasteiger charge is 2.27. The summed E-state index contributed by atoms with van der Waals surface area (Å²) in [6, 6.07) is 40.8. The van der Waals surface area contributed by atoms with Crippen molar-refractivity contribution in [1.29, 1.82) is 0 Å². The summed E-state index contributed by atoms with van der Waals surface area (Å²) in [7, 11) is 2.15. The molecule has 6 rings (SSSR count). The van der Waals surface area contributed by atoms with Crippen LogP contribution < -0.4 is 10.0 Å². The van der Waals surface area contributed by atoms with Crippen molar-refractivity contribution in [3.05, 3.63) is 149 Å². The van der Waals surface area contributed by atoms with Crippen LogP contribution in [0.15, 0.2) is 115 Å². The predicted molar refractivity (Wildman–Crippen MR) is 188 cm³/mol. The molecule has 0 aromatic heterocycles. The fourth-order valence-electron chi connectivity index (χ4n) is 6.16. The van der Waals surface area contributed by atoms with Gasteiger partial charge in [0, 0.05) is 17.0 Å². The molecule has 0 saturated carbocycles. The monoisotopic (exact) mass is 598 g/mol. The molecule has 1 N–H and O–H groups in total. The van der Waals surface area contributed by atoms with E-state index in [0.717, 1.165) is 61.2 Å². The highest BCUT2D eigenvalue weighted by atomic mass is 32.7. The summed E-state index contributed by atoms with van der Waals surface area (Å²) in [5.41, 5.74) is 10.5. The van der Waals surface area contributed by atoms with Gasteiger partial charge in [0.15, 0.2) is 0 Å². The Morgan fingerprint density at radius 1 is 0.628 bits per heavy atom. The maximum absolute atomic E-state index is 11.8. The average Bonchev–Trinajstić information content (AvgIpc) is 3.03. The van der Waals surface area contributed by atoms with E-state index in [-0.39, 0.29) is 5.92 Å². The number of hydrogen-bond donors (Lipinski definition) is 2. The van der Waals surface area contributed by atoms with Crippen LogP contribution in [0.25, 0.3) is 33.0 Å². The molecule has 2 unspecified atom stereocenters. The van der Waals surface area contributed by atoms with Crippen molar-refractivity contribution >= 4 is 36.1 Å². The molecule has 0 amide bonds. The Morgan fingerprint density at radius 3 is 2.02 bits per heavy atom. The summed E-state index contributed by atoms with van der Waals surface area (Å²) in [6.45, 7) is 6.20. The number of rotatable bonds is 7. The van der Waals surface area contributed by atoms with E-state index < -0.39 is 0 Å². The molecule has 0 spiro atoms. The molecule has 0 fully saturated rings. The third-order valence-corrected chi connectivity index (χ3v) is 9.59. The highest BCUT2D eigenvalue weighted by Crippen LogP contribution is 2.46. The molecular weight excluding hydrogens is 563 g/mol. The van der Waals surface area contributed by atoms with Crippen LogP contribution in [0.4, 0.5) is 0 Å². The SMILES string of the molecule is COc1c(C)cc(-c2cccc(C)c2)cc1C(c1ccc2ccccc2c1)c1cc(-c2cccc(PS)c2)cc(C)c1O. The van der Waals surface area contributed by atoms with Crippen LogP contribution in [0.2, 0.25) is 0 Å². The molecule has 0 bridgehead atoms. The zero-order valence-electron chi connectivity index (χ0n) is 24.8. The van der Waals surface area contributed by atoms with Gasteiger partial charge in [0.25, 0.3) is 0 Å². The normalized spacial score (nSPS) is 12.2. The Bertz CT molecular complexity index is 1960. The van der Waals surface area contributed by atoms with Crippen LogP contribution in [0.3, 0.4) is 0 Å². The van der Waals surface area contributed by atoms with Crippen molar-refractivity contribution in [3.8, 4) is 33.8 Å². The van der Waals surface area contributed by atoms with Gasteiger partial charge in [0.2, 0.25) is 0 Å². The number of phenolic OH excluding ortho intramolecular Hbond substituents is 1. The van der Waals surface area contributed by atoms with Crippen LogP contribution in [0.5, 0.6) is 11.5 Å². The van der Waals surface area contributed by atoms with Crippen molar-refractivity contribution in [1.82, 2.24) is 0 Å². The van der Waals surface area contributed by atoms with Gasteiger partial charge < -0.3 is 9.84 Å². The van der Waals surface area contributed by atoms with Crippen molar-refractivity contribution < 1.29 is 9.84 Å². The largest absolute Gasteiger partial charge is 0.507 e. The Kier molecular flexibility index (Phi) is 8.30. The highest BCUT2D eigenvalue weighted by molar-refractivity contribution is 8.40. The third-order valence-electron chi connectivity index (χ3n) is 8.24. The van der Waals surface area contributed by atoms with Gasteiger partial charge in [-0.05, 0) is 114 Å². The molecule has 0 aliphatic carbocycles.